The first kappa shape index (κ1) is 10.3. The maximum Gasteiger partial charge on any atom is 0.214 e. The molecule has 1 saturated heterocycles. The van der Waals surface area contributed by atoms with Gasteiger partial charge in [-0.2, -0.15) is 12.6 Å². The van der Waals surface area contributed by atoms with Gasteiger partial charge in [-0.25, -0.2) is 12.7 Å². The Morgan fingerprint density at radius 3 is 2.67 bits per heavy atom. The molecule has 0 aromatic heterocycles. The van der Waals surface area contributed by atoms with Gasteiger partial charge < -0.3 is 0 Å². The molecule has 1 heterocycles. The molecule has 1 rings (SSSR count). The quantitative estimate of drug-likeness (QED) is 0.691. The highest BCUT2D eigenvalue weighted by molar-refractivity contribution is 7.89. The van der Waals surface area contributed by atoms with Crippen molar-refractivity contribution in [3.8, 4) is 0 Å². The van der Waals surface area contributed by atoms with Crippen molar-refractivity contribution < 1.29 is 8.42 Å². The van der Waals surface area contributed by atoms with Gasteiger partial charge in [0.05, 0.1) is 5.75 Å². The van der Waals surface area contributed by atoms with E-state index < -0.39 is 10.0 Å². The summed E-state index contributed by atoms with van der Waals surface area (Å²) >= 11 is 4.12. The topological polar surface area (TPSA) is 37.4 Å². The van der Waals surface area contributed by atoms with Crippen LogP contribution in [-0.4, -0.2) is 37.3 Å². The molecule has 3 nitrogen and oxygen atoms in total. The van der Waals surface area contributed by atoms with Gasteiger partial charge in [-0.1, -0.05) is 6.92 Å². The Morgan fingerprint density at radius 1 is 1.58 bits per heavy atom. The molecule has 1 unspecified atom stereocenters. The molecule has 0 aromatic rings. The van der Waals surface area contributed by atoms with Gasteiger partial charge in [0.1, 0.15) is 0 Å². The van der Waals surface area contributed by atoms with Crippen LogP contribution < -0.4 is 0 Å². The number of sulfonamides is 1. The smallest absolute Gasteiger partial charge is 0.212 e. The molecular weight excluding hydrogens is 194 g/mol. The summed E-state index contributed by atoms with van der Waals surface area (Å²) in [5.41, 5.74) is 0. The zero-order chi connectivity index (χ0) is 9.19. The molecule has 0 aliphatic carbocycles. The van der Waals surface area contributed by atoms with Crippen molar-refractivity contribution in [2.75, 3.05) is 24.6 Å². The van der Waals surface area contributed by atoms with Crippen molar-refractivity contribution in [3.05, 3.63) is 0 Å². The molecule has 0 radical (unpaired) electrons. The van der Waals surface area contributed by atoms with Crippen LogP contribution >= 0.6 is 12.6 Å². The van der Waals surface area contributed by atoms with Gasteiger partial charge in [-0.05, 0) is 18.1 Å². The number of thiol groups is 1. The summed E-state index contributed by atoms with van der Waals surface area (Å²) in [6.07, 6.45) is 0.779. The first-order valence-corrected chi connectivity index (χ1v) is 6.39. The molecule has 1 aliphatic heterocycles. The molecular formula is C7H15NO2S2. The number of nitrogens with zero attached hydrogens (tertiary/aromatic N) is 1. The Kier molecular flexibility index (Phi) is 3.43. The van der Waals surface area contributed by atoms with E-state index in [2.05, 4.69) is 12.6 Å². The van der Waals surface area contributed by atoms with Crippen molar-refractivity contribution in [1.82, 2.24) is 4.31 Å². The third kappa shape index (κ3) is 2.37. The van der Waals surface area contributed by atoms with Gasteiger partial charge in [-0.15, -0.1) is 0 Å². The molecule has 0 amide bonds. The van der Waals surface area contributed by atoms with Crippen LogP contribution in [0.3, 0.4) is 0 Å². The van der Waals surface area contributed by atoms with Crippen molar-refractivity contribution >= 4 is 22.7 Å². The van der Waals surface area contributed by atoms with Gasteiger partial charge in [0, 0.05) is 13.1 Å². The minimum Gasteiger partial charge on any atom is -0.212 e. The van der Waals surface area contributed by atoms with Crippen LogP contribution in [0.1, 0.15) is 13.3 Å². The van der Waals surface area contributed by atoms with Crippen LogP contribution in [0.4, 0.5) is 0 Å². The lowest BCUT2D eigenvalue weighted by molar-refractivity contribution is 0.395. The fraction of sp³-hybridized carbons (Fsp3) is 1.00. The second-order valence-corrected chi connectivity index (χ2v) is 5.77. The van der Waals surface area contributed by atoms with Gasteiger partial charge in [0.2, 0.25) is 10.0 Å². The largest absolute Gasteiger partial charge is 0.214 e. The number of rotatable bonds is 3. The maximum atomic E-state index is 11.3. The Morgan fingerprint density at radius 2 is 2.25 bits per heavy atom. The number of hydrogen-bond donors (Lipinski definition) is 1. The number of hydrogen-bond acceptors (Lipinski definition) is 3. The molecule has 1 aliphatic rings. The molecule has 1 atom stereocenters. The summed E-state index contributed by atoms with van der Waals surface area (Å²) in [4.78, 5) is 0. The van der Waals surface area contributed by atoms with Crippen LogP contribution in [0.15, 0.2) is 0 Å². The highest BCUT2D eigenvalue weighted by atomic mass is 32.2. The highest BCUT2D eigenvalue weighted by Crippen LogP contribution is 2.15. The summed E-state index contributed by atoms with van der Waals surface area (Å²) < 4.78 is 24.2. The van der Waals surface area contributed by atoms with Gasteiger partial charge in [0.25, 0.3) is 0 Å². The zero-order valence-electron chi connectivity index (χ0n) is 7.23. The lowest BCUT2D eigenvalue weighted by Gasteiger charge is -2.17. The van der Waals surface area contributed by atoms with Crippen molar-refractivity contribution in [1.29, 1.82) is 0 Å². The standard InChI is InChI=1S/C7H15NO2S2/c1-7(6-11)5-8-3-2-4-12(8,9)10/h7,11H,2-6H2,1H3. The van der Waals surface area contributed by atoms with E-state index in [1.807, 2.05) is 6.92 Å². The summed E-state index contributed by atoms with van der Waals surface area (Å²) in [5, 5.41) is 0. The van der Waals surface area contributed by atoms with E-state index in [0.29, 0.717) is 24.8 Å². The normalized spacial score (nSPS) is 25.8. The third-order valence-corrected chi connectivity index (χ3v) is 4.58. The van der Waals surface area contributed by atoms with Crippen LogP contribution in [0.2, 0.25) is 0 Å². The summed E-state index contributed by atoms with van der Waals surface area (Å²) in [5.74, 6) is 1.42. The molecule has 0 spiro atoms. The lowest BCUT2D eigenvalue weighted by Crippen LogP contribution is -2.30. The zero-order valence-corrected chi connectivity index (χ0v) is 8.94. The minimum atomic E-state index is -2.89. The van der Waals surface area contributed by atoms with E-state index in [9.17, 15) is 8.42 Å². The molecule has 0 saturated carbocycles. The van der Waals surface area contributed by atoms with E-state index in [0.717, 1.165) is 12.2 Å². The fourth-order valence-corrected chi connectivity index (χ4v) is 3.06. The monoisotopic (exact) mass is 209 g/mol. The summed E-state index contributed by atoms with van der Waals surface area (Å²) in [6, 6.07) is 0. The lowest BCUT2D eigenvalue weighted by atomic mass is 10.2. The van der Waals surface area contributed by atoms with E-state index in [1.165, 1.54) is 0 Å². The third-order valence-electron chi connectivity index (χ3n) is 2.03. The van der Waals surface area contributed by atoms with Gasteiger partial charge in [-0.3, -0.25) is 0 Å². The molecule has 12 heavy (non-hydrogen) atoms. The SMILES string of the molecule is CC(CS)CN1CCCS1(=O)=O. The second-order valence-electron chi connectivity index (χ2n) is 3.32. The molecule has 0 N–H and O–H groups in total. The molecule has 5 heteroatoms. The highest BCUT2D eigenvalue weighted by Gasteiger charge is 2.28. The Balaban J connectivity index is 2.53. The van der Waals surface area contributed by atoms with E-state index in [4.69, 9.17) is 0 Å². The van der Waals surface area contributed by atoms with E-state index in [-0.39, 0.29) is 0 Å². The Bertz CT molecular complexity index is 238. The van der Waals surface area contributed by atoms with E-state index >= 15 is 0 Å². The molecule has 1 fully saturated rings. The Labute approximate surface area is 79.6 Å². The van der Waals surface area contributed by atoms with Gasteiger partial charge in [0.15, 0.2) is 0 Å². The van der Waals surface area contributed by atoms with Crippen LogP contribution in [0.25, 0.3) is 0 Å². The van der Waals surface area contributed by atoms with Crippen molar-refractivity contribution in [2.24, 2.45) is 5.92 Å². The maximum absolute atomic E-state index is 11.3. The molecule has 0 aromatic carbocycles. The van der Waals surface area contributed by atoms with Crippen LogP contribution in [0.5, 0.6) is 0 Å². The Hall–Kier alpha value is 0.260. The fourth-order valence-electron chi connectivity index (χ4n) is 1.30. The van der Waals surface area contributed by atoms with Crippen molar-refractivity contribution in [2.45, 2.75) is 13.3 Å². The predicted molar refractivity (Wildman–Crippen MR) is 53.0 cm³/mol. The van der Waals surface area contributed by atoms with Crippen LogP contribution in [0, 0.1) is 5.92 Å². The average molecular weight is 209 g/mol. The molecule has 72 valence electrons. The first-order valence-electron chi connectivity index (χ1n) is 4.15. The van der Waals surface area contributed by atoms with Gasteiger partial charge >= 0.3 is 0 Å². The summed E-state index contributed by atoms with van der Waals surface area (Å²) in [6.45, 7) is 3.34. The first-order chi connectivity index (χ1) is 5.56. The molecule has 0 bridgehead atoms. The predicted octanol–water partition coefficient (Wildman–Crippen LogP) is 0.588. The summed E-state index contributed by atoms with van der Waals surface area (Å²) in [7, 11) is -2.89. The van der Waals surface area contributed by atoms with E-state index in [1.54, 1.807) is 4.31 Å². The second kappa shape index (κ2) is 3.98. The average Bonchev–Trinajstić information content (AvgIpc) is 2.31. The van der Waals surface area contributed by atoms with Crippen molar-refractivity contribution in [3.63, 3.8) is 0 Å². The minimum absolute atomic E-state index is 0.326. The van der Waals surface area contributed by atoms with Crippen LogP contribution in [-0.2, 0) is 10.0 Å².